The van der Waals surface area contributed by atoms with E-state index in [-0.39, 0.29) is 36.2 Å². The topological polar surface area (TPSA) is 92.8 Å². The van der Waals surface area contributed by atoms with E-state index in [1.807, 2.05) is 12.1 Å². The molecule has 1 aliphatic heterocycles. The Balaban J connectivity index is 1.61. The van der Waals surface area contributed by atoms with Gasteiger partial charge < -0.3 is 4.74 Å². The molecule has 0 bridgehead atoms. The lowest BCUT2D eigenvalue weighted by Crippen LogP contribution is -2.43. The molecule has 35 heavy (non-hydrogen) atoms. The van der Waals surface area contributed by atoms with E-state index in [4.69, 9.17) is 16.3 Å². The van der Waals surface area contributed by atoms with Crippen LogP contribution in [0.1, 0.15) is 59.9 Å². The Morgan fingerprint density at radius 2 is 1.69 bits per heavy atom. The van der Waals surface area contributed by atoms with Crippen LogP contribution in [0.5, 0.6) is 0 Å². The first-order valence-electron chi connectivity index (χ1n) is 11.3. The van der Waals surface area contributed by atoms with Crippen molar-refractivity contribution in [2.45, 2.75) is 45.1 Å². The van der Waals surface area contributed by atoms with Gasteiger partial charge in [-0.05, 0) is 47.4 Å². The van der Waals surface area contributed by atoms with Gasteiger partial charge in [-0.2, -0.15) is 0 Å². The molecule has 1 N–H and O–H groups in total. The third-order valence-electron chi connectivity index (χ3n) is 5.76. The van der Waals surface area contributed by atoms with Gasteiger partial charge in [-0.25, -0.2) is 4.39 Å². The second-order valence-electron chi connectivity index (χ2n) is 9.45. The van der Waals surface area contributed by atoms with E-state index in [1.165, 1.54) is 12.1 Å². The second-order valence-corrected chi connectivity index (χ2v) is 9.83. The van der Waals surface area contributed by atoms with Crippen molar-refractivity contribution in [1.82, 2.24) is 10.4 Å². The summed E-state index contributed by atoms with van der Waals surface area (Å²) >= 11 is 5.78. The largest absolute Gasteiger partial charge is 0.454 e. The molecule has 0 aliphatic carbocycles. The number of alkyl halides is 1. The smallest absolute Gasteiger partial charge is 0.312 e. The number of hydrogen-bond acceptors (Lipinski definition) is 5. The highest BCUT2D eigenvalue weighted by molar-refractivity contribution is 6.18. The van der Waals surface area contributed by atoms with Crippen molar-refractivity contribution in [3.8, 4) is 0 Å². The molecule has 7 nitrogen and oxygen atoms in total. The van der Waals surface area contributed by atoms with Crippen LogP contribution in [-0.2, 0) is 19.7 Å². The maximum atomic E-state index is 13.2. The van der Waals surface area contributed by atoms with E-state index in [0.717, 1.165) is 22.7 Å². The molecular formula is C26H28ClFN2O5. The molecule has 0 unspecified atom stereocenters. The number of nitrogens with zero attached hydrogens (tertiary/aromatic N) is 1. The maximum absolute atomic E-state index is 13.2. The van der Waals surface area contributed by atoms with E-state index >= 15 is 0 Å². The number of amides is 2. The Morgan fingerprint density at radius 1 is 1.09 bits per heavy atom. The summed E-state index contributed by atoms with van der Waals surface area (Å²) < 4.78 is 18.6. The van der Waals surface area contributed by atoms with Crippen LogP contribution >= 0.6 is 11.6 Å². The lowest BCUT2D eigenvalue weighted by atomic mass is 9.87. The predicted molar refractivity (Wildman–Crippen MR) is 128 cm³/mol. The van der Waals surface area contributed by atoms with E-state index in [2.05, 4.69) is 26.2 Å². The number of hydrazine groups is 1. The third kappa shape index (κ3) is 6.66. The van der Waals surface area contributed by atoms with Crippen molar-refractivity contribution in [3.63, 3.8) is 0 Å². The van der Waals surface area contributed by atoms with Crippen LogP contribution < -0.4 is 5.43 Å². The summed E-state index contributed by atoms with van der Waals surface area (Å²) in [6.45, 7) is 6.11. The first-order chi connectivity index (χ1) is 16.5. The van der Waals surface area contributed by atoms with Crippen LogP contribution in [0.15, 0.2) is 48.5 Å². The van der Waals surface area contributed by atoms with E-state index < -0.39 is 41.4 Å². The van der Waals surface area contributed by atoms with Crippen molar-refractivity contribution in [2.24, 2.45) is 5.92 Å². The minimum atomic E-state index is -1.16. The average molecular weight is 503 g/mol. The van der Waals surface area contributed by atoms with Crippen molar-refractivity contribution in [2.75, 3.05) is 12.4 Å². The van der Waals surface area contributed by atoms with Crippen LogP contribution in [0.3, 0.4) is 0 Å². The van der Waals surface area contributed by atoms with Gasteiger partial charge in [0.25, 0.3) is 5.91 Å². The normalized spacial score (nSPS) is 16.7. The number of benzene rings is 2. The molecule has 2 atom stereocenters. The molecule has 186 valence electrons. The summed E-state index contributed by atoms with van der Waals surface area (Å²) in [7, 11) is 0. The molecule has 2 aromatic rings. The van der Waals surface area contributed by atoms with Gasteiger partial charge in [-0.1, -0.05) is 32.9 Å². The Bertz CT molecular complexity index is 1100. The quantitative estimate of drug-likeness (QED) is 0.334. The van der Waals surface area contributed by atoms with Gasteiger partial charge in [0.05, 0.1) is 12.5 Å². The zero-order valence-corrected chi connectivity index (χ0v) is 20.6. The van der Waals surface area contributed by atoms with Crippen LogP contribution in [0, 0.1) is 11.7 Å². The number of esters is 1. The van der Waals surface area contributed by atoms with E-state index in [1.54, 1.807) is 12.1 Å². The Labute approximate surface area is 208 Å². The molecule has 0 radical (unpaired) electrons. The van der Waals surface area contributed by atoms with Crippen molar-refractivity contribution in [3.05, 3.63) is 71.0 Å². The molecule has 2 aromatic carbocycles. The lowest BCUT2D eigenvalue weighted by molar-refractivity contribution is -0.151. The fourth-order valence-corrected chi connectivity index (χ4v) is 3.86. The summed E-state index contributed by atoms with van der Waals surface area (Å²) in [5.74, 6) is -3.45. The molecule has 1 saturated heterocycles. The second kappa shape index (κ2) is 11.0. The van der Waals surface area contributed by atoms with Gasteiger partial charge in [0.1, 0.15) is 5.82 Å². The number of ether oxygens (including phenoxy) is 1. The summed E-state index contributed by atoms with van der Waals surface area (Å²) in [5.41, 5.74) is 4.10. The molecular weight excluding hydrogens is 475 g/mol. The molecule has 1 aliphatic rings. The highest BCUT2D eigenvalue weighted by Gasteiger charge is 2.38. The lowest BCUT2D eigenvalue weighted by Gasteiger charge is -2.21. The fourth-order valence-electron chi connectivity index (χ4n) is 3.66. The first-order valence-corrected chi connectivity index (χ1v) is 11.8. The first kappa shape index (κ1) is 26.3. The summed E-state index contributed by atoms with van der Waals surface area (Å²) in [5, 5.41) is 1.09. The number of nitrogens with one attached hydrogen (secondary N) is 1. The van der Waals surface area contributed by atoms with Crippen molar-refractivity contribution < 1.29 is 28.3 Å². The molecule has 3 rings (SSSR count). The predicted octanol–water partition coefficient (Wildman–Crippen LogP) is 4.04. The number of halogens is 2. The van der Waals surface area contributed by atoms with Crippen LogP contribution in [-0.4, -0.2) is 47.1 Å². The molecule has 1 heterocycles. The van der Waals surface area contributed by atoms with Crippen LogP contribution in [0.2, 0.25) is 0 Å². The molecule has 2 amide bonds. The Morgan fingerprint density at radius 3 is 2.26 bits per heavy atom. The number of carbonyl (C=O) groups excluding carboxylic acids is 4. The minimum absolute atomic E-state index is 0.0602. The Kier molecular flexibility index (Phi) is 8.27. The zero-order valence-electron chi connectivity index (χ0n) is 19.8. The highest BCUT2D eigenvalue weighted by atomic mass is 35.5. The van der Waals surface area contributed by atoms with Gasteiger partial charge >= 0.3 is 5.97 Å². The van der Waals surface area contributed by atoms with Crippen LogP contribution in [0.4, 0.5) is 4.39 Å². The van der Waals surface area contributed by atoms with E-state index in [0.29, 0.717) is 5.56 Å². The van der Waals surface area contributed by atoms with Gasteiger partial charge in [0, 0.05) is 29.8 Å². The summed E-state index contributed by atoms with van der Waals surface area (Å²) in [6.07, 6.45) is -1.26. The zero-order chi connectivity index (χ0) is 25.8. The maximum Gasteiger partial charge on any atom is 0.312 e. The molecule has 0 spiro atoms. The van der Waals surface area contributed by atoms with Crippen molar-refractivity contribution >= 4 is 35.2 Å². The average Bonchev–Trinajstić information content (AvgIpc) is 3.18. The molecule has 0 saturated carbocycles. The molecule has 0 aromatic heterocycles. The Hall–Kier alpha value is -3.26. The number of Topliss-reactive ketones (excluding diaryl/α,β-unsaturated/α-hetero) is 1. The standard InChI is InChI=1S/C26H28ClFN2O5/c1-26(2,3)19-8-4-17(5-9-19)24(33)29-30-15-18(14-22(30)31)25(34)35-21(12-13-27)23(32)16-6-10-20(28)11-7-16/h4-11,18,21H,12-15H2,1-3H3,(H,29,33)/t18-,21+/m0/s1. The van der Waals surface area contributed by atoms with Crippen molar-refractivity contribution in [1.29, 1.82) is 0 Å². The third-order valence-corrected chi connectivity index (χ3v) is 5.98. The number of hydrogen-bond donors (Lipinski definition) is 1. The number of carbonyl (C=O) groups is 4. The summed E-state index contributed by atoms with van der Waals surface area (Å²) in [6, 6.07) is 12.0. The highest BCUT2D eigenvalue weighted by Crippen LogP contribution is 2.23. The number of ketones is 1. The van der Waals surface area contributed by atoms with Gasteiger partial charge in [-0.3, -0.25) is 29.6 Å². The monoisotopic (exact) mass is 502 g/mol. The van der Waals surface area contributed by atoms with E-state index in [9.17, 15) is 23.6 Å². The summed E-state index contributed by atoms with van der Waals surface area (Å²) in [4.78, 5) is 50.5. The minimum Gasteiger partial charge on any atom is -0.454 e. The molecule has 9 heteroatoms. The van der Waals surface area contributed by atoms with Gasteiger partial charge in [0.2, 0.25) is 11.7 Å². The van der Waals surface area contributed by atoms with Gasteiger partial charge in [0.15, 0.2) is 6.10 Å². The molecule has 1 fully saturated rings. The SMILES string of the molecule is CC(C)(C)c1ccc(C(=O)NN2C[C@@H](C(=O)O[C@H](CCCl)C(=O)c3ccc(F)cc3)CC2=O)cc1. The van der Waals surface area contributed by atoms with Gasteiger partial charge in [-0.15, -0.1) is 11.6 Å². The van der Waals surface area contributed by atoms with Crippen LogP contribution in [0.25, 0.3) is 0 Å². The number of rotatable bonds is 8. The fraction of sp³-hybridized carbons (Fsp3) is 0.385.